The monoisotopic (exact) mass is 589 g/mol. The van der Waals surface area contributed by atoms with Gasteiger partial charge >= 0.3 is 6.09 Å². The van der Waals surface area contributed by atoms with Gasteiger partial charge in [-0.15, -0.1) is 0 Å². The van der Waals surface area contributed by atoms with Crippen LogP contribution in [0.3, 0.4) is 0 Å². The summed E-state index contributed by atoms with van der Waals surface area (Å²) in [6, 6.07) is 14.4. The van der Waals surface area contributed by atoms with Crippen molar-refractivity contribution >= 4 is 34.7 Å². The second kappa shape index (κ2) is 13.3. The summed E-state index contributed by atoms with van der Waals surface area (Å²) in [6.07, 6.45) is -0.344. The summed E-state index contributed by atoms with van der Waals surface area (Å²) in [5.74, 6) is -2.30. The molecule has 1 unspecified atom stereocenters. The van der Waals surface area contributed by atoms with Crippen molar-refractivity contribution < 1.29 is 23.9 Å². The van der Waals surface area contributed by atoms with E-state index in [4.69, 9.17) is 10.5 Å². The van der Waals surface area contributed by atoms with Crippen molar-refractivity contribution in [1.82, 2.24) is 20.9 Å². The first-order valence-electron chi connectivity index (χ1n) is 15.0. The molecule has 6 N–H and O–H groups in total. The number of para-hydroxylation sites is 1. The van der Waals surface area contributed by atoms with Crippen molar-refractivity contribution in [2.24, 2.45) is 17.6 Å². The van der Waals surface area contributed by atoms with Crippen LogP contribution in [0.15, 0.2) is 48.5 Å². The first-order chi connectivity index (χ1) is 20.5. The predicted octanol–water partition coefficient (Wildman–Crippen LogP) is 3.79. The summed E-state index contributed by atoms with van der Waals surface area (Å²) in [5, 5.41) is 9.50. The van der Waals surface area contributed by atoms with Crippen LogP contribution >= 0.6 is 0 Å². The number of aromatic amines is 1. The molecular formula is C33H43N5O5. The largest absolute Gasteiger partial charge is 0.436 e. The standard InChI is InChI=1S/C33H43N5O5/c1-6-20(4)28(43-32(42)35-18-22-12-8-7-9-13-22)30(40)38-33(31(41)37-26(19(2)3)29(34)39)16-15-25-24(17-33)23-14-10-11-21(5)27(23)36-25/h7-14,19-20,26,28,36H,6,15-18H2,1-5H3,(H2,34,39)(H,35,42)(H,37,41)(H,38,40)/t20-,26-,28?,33+/m0/s1. The average Bonchev–Trinajstić information content (AvgIpc) is 3.36. The third-order valence-corrected chi connectivity index (χ3v) is 8.51. The fourth-order valence-electron chi connectivity index (χ4n) is 5.70. The minimum absolute atomic E-state index is 0.195. The van der Waals surface area contributed by atoms with Gasteiger partial charge in [-0.05, 0) is 48.8 Å². The lowest BCUT2D eigenvalue weighted by Gasteiger charge is -2.39. The van der Waals surface area contributed by atoms with Crippen molar-refractivity contribution in [3.63, 3.8) is 0 Å². The summed E-state index contributed by atoms with van der Waals surface area (Å²) < 4.78 is 5.68. The number of rotatable bonds is 11. The molecule has 4 atom stereocenters. The fraction of sp³-hybridized carbons (Fsp3) is 0.455. The van der Waals surface area contributed by atoms with Crippen LogP contribution < -0.4 is 21.7 Å². The van der Waals surface area contributed by atoms with E-state index in [2.05, 4.69) is 20.9 Å². The lowest BCUT2D eigenvalue weighted by atomic mass is 9.78. The van der Waals surface area contributed by atoms with Crippen LogP contribution in [0, 0.1) is 18.8 Å². The molecule has 43 heavy (non-hydrogen) atoms. The number of primary amides is 1. The number of hydrogen-bond donors (Lipinski definition) is 5. The maximum Gasteiger partial charge on any atom is 0.408 e. The number of hydrogen-bond acceptors (Lipinski definition) is 5. The van der Waals surface area contributed by atoms with Crippen LogP contribution in [-0.4, -0.2) is 46.5 Å². The Labute approximate surface area is 252 Å². The Morgan fingerprint density at radius 3 is 2.42 bits per heavy atom. The molecule has 0 saturated heterocycles. The lowest BCUT2D eigenvalue weighted by Crippen LogP contribution is -2.66. The van der Waals surface area contributed by atoms with E-state index in [9.17, 15) is 19.2 Å². The average molecular weight is 590 g/mol. The molecular weight excluding hydrogens is 546 g/mol. The van der Waals surface area contributed by atoms with E-state index in [1.807, 2.05) is 69.3 Å². The van der Waals surface area contributed by atoms with Gasteiger partial charge < -0.3 is 31.4 Å². The molecule has 230 valence electrons. The molecule has 1 heterocycles. The zero-order chi connectivity index (χ0) is 31.3. The summed E-state index contributed by atoms with van der Waals surface area (Å²) in [6.45, 7) is 9.58. The van der Waals surface area contributed by atoms with Gasteiger partial charge in [0, 0.05) is 35.5 Å². The zero-order valence-electron chi connectivity index (χ0n) is 25.6. The van der Waals surface area contributed by atoms with Gasteiger partial charge in [-0.1, -0.05) is 76.2 Å². The number of nitrogens with two attached hydrogens (primary N) is 1. The minimum atomic E-state index is -1.40. The van der Waals surface area contributed by atoms with Crippen LogP contribution in [0.5, 0.6) is 0 Å². The van der Waals surface area contributed by atoms with E-state index in [0.29, 0.717) is 12.8 Å². The van der Waals surface area contributed by atoms with Crippen molar-refractivity contribution in [3.8, 4) is 0 Å². The summed E-state index contributed by atoms with van der Waals surface area (Å²) in [5.41, 5.74) is 9.12. The SMILES string of the molecule is CC[C@H](C)C(OC(=O)NCc1ccccc1)C(=O)N[C@]1(C(=O)N[C@H](C(N)=O)C(C)C)CCc2[nH]c3c(C)cccc3c2C1. The second-order valence-corrected chi connectivity index (χ2v) is 12.0. The highest BCUT2D eigenvalue weighted by Crippen LogP contribution is 2.36. The molecule has 4 amide bonds. The Balaban J connectivity index is 1.63. The predicted molar refractivity (Wildman–Crippen MR) is 165 cm³/mol. The minimum Gasteiger partial charge on any atom is -0.436 e. The Kier molecular flexibility index (Phi) is 9.78. The van der Waals surface area contributed by atoms with Crippen molar-refractivity contribution in [3.05, 3.63) is 70.9 Å². The molecule has 10 nitrogen and oxygen atoms in total. The van der Waals surface area contributed by atoms with E-state index in [0.717, 1.165) is 33.3 Å². The third-order valence-electron chi connectivity index (χ3n) is 8.51. The number of nitrogens with one attached hydrogen (secondary N) is 4. The number of carbonyl (C=O) groups is 4. The normalized spacial score (nSPS) is 18.3. The Morgan fingerprint density at radius 1 is 1.05 bits per heavy atom. The Morgan fingerprint density at radius 2 is 1.77 bits per heavy atom. The smallest absolute Gasteiger partial charge is 0.408 e. The molecule has 0 radical (unpaired) electrons. The van der Waals surface area contributed by atoms with E-state index in [-0.39, 0.29) is 31.2 Å². The number of amides is 4. The van der Waals surface area contributed by atoms with Gasteiger partial charge in [-0.25, -0.2) is 4.79 Å². The number of H-pyrrole nitrogens is 1. The zero-order valence-corrected chi connectivity index (χ0v) is 25.6. The van der Waals surface area contributed by atoms with Crippen molar-refractivity contribution in [2.45, 2.75) is 84.5 Å². The number of fused-ring (bicyclic) bond motifs is 3. The molecule has 0 spiro atoms. The summed E-state index contributed by atoms with van der Waals surface area (Å²) >= 11 is 0. The van der Waals surface area contributed by atoms with Crippen LogP contribution in [0.1, 0.15) is 62.9 Å². The highest BCUT2D eigenvalue weighted by Gasteiger charge is 2.47. The van der Waals surface area contributed by atoms with E-state index in [1.165, 1.54) is 0 Å². The van der Waals surface area contributed by atoms with Crippen molar-refractivity contribution in [2.75, 3.05) is 0 Å². The topological polar surface area (TPSA) is 155 Å². The van der Waals surface area contributed by atoms with Crippen LogP contribution in [0.2, 0.25) is 0 Å². The van der Waals surface area contributed by atoms with Crippen molar-refractivity contribution in [1.29, 1.82) is 0 Å². The highest BCUT2D eigenvalue weighted by atomic mass is 16.6. The van der Waals surface area contributed by atoms with Gasteiger partial charge in [0.2, 0.25) is 11.8 Å². The molecule has 10 heteroatoms. The van der Waals surface area contributed by atoms with Crippen LogP contribution in [-0.2, 0) is 38.5 Å². The van der Waals surface area contributed by atoms with Gasteiger partial charge in [0.25, 0.3) is 5.91 Å². The number of benzene rings is 2. The maximum atomic E-state index is 14.1. The van der Waals surface area contributed by atoms with E-state index < -0.39 is 41.5 Å². The van der Waals surface area contributed by atoms with Gasteiger partial charge in [0.05, 0.1) is 0 Å². The maximum absolute atomic E-state index is 14.1. The molecule has 1 aliphatic rings. The third kappa shape index (κ3) is 7.01. The quantitative estimate of drug-likeness (QED) is 0.230. The molecule has 4 rings (SSSR count). The fourth-order valence-corrected chi connectivity index (χ4v) is 5.70. The van der Waals surface area contributed by atoms with Gasteiger partial charge in [-0.3, -0.25) is 14.4 Å². The molecule has 3 aromatic rings. The summed E-state index contributed by atoms with van der Waals surface area (Å²) in [7, 11) is 0. The Hall–Kier alpha value is -4.34. The first-order valence-corrected chi connectivity index (χ1v) is 15.0. The van der Waals surface area contributed by atoms with Crippen LogP contribution in [0.25, 0.3) is 10.9 Å². The molecule has 1 aromatic heterocycles. The van der Waals surface area contributed by atoms with E-state index >= 15 is 0 Å². The van der Waals surface area contributed by atoms with Gasteiger partial charge in [-0.2, -0.15) is 0 Å². The highest BCUT2D eigenvalue weighted by molar-refractivity contribution is 5.98. The number of aryl methyl sites for hydroxylation is 2. The molecule has 1 aliphatic carbocycles. The molecule has 0 saturated carbocycles. The Bertz CT molecular complexity index is 1480. The molecule has 0 fully saturated rings. The van der Waals surface area contributed by atoms with Gasteiger partial charge in [0.15, 0.2) is 6.10 Å². The number of alkyl carbamates (subject to hydrolysis) is 1. The summed E-state index contributed by atoms with van der Waals surface area (Å²) in [4.78, 5) is 56.6. The second-order valence-electron chi connectivity index (χ2n) is 12.0. The number of ether oxygens (including phenoxy) is 1. The van der Waals surface area contributed by atoms with Crippen LogP contribution in [0.4, 0.5) is 4.79 Å². The number of carbonyl (C=O) groups excluding carboxylic acids is 4. The molecule has 0 bridgehead atoms. The lowest BCUT2D eigenvalue weighted by molar-refractivity contribution is -0.141. The first kappa shape index (κ1) is 31.6. The molecule has 2 aromatic carbocycles. The molecule has 0 aliphatic heterocycles. The number of aromatic nitrogens is 1. The van der Waals surface area contributed by atoms with Gasteiger partial charge in [0.1, 0.15) is 11.6 Å². The van der Waals surface area contributed by atoms with E-state index in [1.54, 1.807) is 13.8 Å².